The Labute approximate surface area is 91.7 Å². The predicted molar refractivity (Wildman–Crippen MR) is 58.8 cm³/mol. The SMILES string of the molecule is CCCCCOC(I)OC(=O)S. The highest BCUT2D eigenvalue weighted by molar-refractivity contribution is 14.1. The second-order valence-corrected chi connectivity index (χ2v) is 3.62. The second kappa shape index (κ2) is 8.12. The fraction of sp³-hybridized carbons (Fsp3) is 0.857. The fourth-order valence-electron chi connectivity index (χ4n) is 0.641. The van der Waals surface area contributed by atoms with E-state index in [0.29, 0.717) is 6.61 Å². The van der Waals surface area contributed by atoms with Gasteiger partial charge in [0.05, 0.1) is 6.61 Å². The third kappa shape index (κ3) is 8.61. The molecule has 0 saturated carbocycles. The summed E-state index contributed by atoms with van der Waals surface area (Å²) in [5.41, 5.74) is 0. The molecule has 12 heavy (non-hydrogen) atoms. The molecule has 1 atom stereocenters. The minimum atomic E-state index is -0.607. The zero-order chi connectivity index (χ0) is 9.40. The molecule has 0 aromatic heterocycles. The van der Waals surface area contributed by atoms with Gasteiger partial charge in [-0.3, -0.25) is 0 Å². The zero-order valence-electron chi connectivity index (χ0n) is 6.96. The van der Waals surface area contributed by atoms with E-state index in [9.17, 15) is 4.79 Å². The summed E-state index contributed by atoms with van der Waals surface area (Å²) >= 11 is 5.35. The Morgan fingerprint density at radius 2 is 2.25 bits per heavy atom. The van der Waals surface area contributed by atoms with Crippen LogP contribution in [0.15, 0.2) is 0 Å². The van der Waals surface area contributed by atoms with Crippen molar-refractivity contribution in [1.82, 2.24) is 0 Å². The van der Waals surface area contributed by atoms with Crippen LogP contribution in [0, 0.1) is 0 Å². The van der Waals surface area contributed by atoms with E-state index in [1.807, 2.05) is 22.6 Å². The number of alkyl halides is 1. The molecular formula is C7H13IO3S. The lowest BCUT2D eigenvalue weighted by Gasteiger charge is -2.09. The first-order valence-corrected chi connectivity index (χ1v) is 5.51. The number of ether oxygens (including phenoxy) is 2. The largest absolute Gasteiger partial charge is 0.418 e. The summed E-state index contributed by atoms with van der Waals surface area (Å²) < 4.78 is 9.26. The third-order valence-corrected chi connectivity index (χ3v) is 1.91. The Balaban J connectivity index is 3.19. The Kier molecular flexibility index (Phi) is 8.47. The number of hydrogen-bond donors (Lipinski definition) is 1. The van der Waals surface area contributed by atoms with Crippen LogP contribution in [0.5, 0.6) is 0 Å². The van der Waals surface area contributed by atoms with Gasteiger partial charge >= 0.3 is 5.30 Å². The van der Waals surface area contributed by atoms with Crippen LogP contribution in [0.4, 0.5) is 4.79 Å². The van der Waals surface area contributed by atoms with Crippen LogP contribution in [0.3, 0.4) is 0 Å². The van der Waals surface area contributed by atoms with Crippen LogP contribution < -0.4 is 0 Å². The van der Waals surface area contributed by atoms with Crippen molar-refractivity contribution in [2.45, 2.75) is 30.5 Å². The maximum atomic E-state index is 10.3. The van der Waals surface area contributed by atoms with E-state index in [1.165, 1.54) is 0 Å². The summed E-state index contributed by atoms with van der Waals surface area (Å²) in [5.74, 6) is 0. The number of thiol groups is 1. The lowest BCUT2D eigenvalue weighted by molar-refractivity contribution is -0.0226. The van der Waals surface area contributed by atoms with E-state index >= 15 is 0 Å². The summed E-state index contributed by atoms with van der Waals surface area (Å²) in [5, 5.41) is -0.607. The van der Waals surface area contributed by atoms with Crippen molar-refractivity contribution in [3.8, 4) is 0 Å². The van der Waals surface area contributed by atoms with Gasteiger partial charge in [-0.25, -0.2) is 4.79 Å². The Bertz CT molecular complexity index is 132. The average molecular weight is 304 g/mol. The molecule has 0 rings (SSSR count). The van der Waals surface area contributed by atoms with Crippen molar-refractivity contribution in [3.63, 3.8) is 0 Å². The van der Waals surface area contributed by atoms with E-state index in [1.54, 1.807) is 0 Å². The highest BCUT2D eigenvalue weighted by atomic mass is 127. The number of hydrogen-bond acceptors (Lipinski definition) is 3. The Morgan fingerprint density at radius 1 is 1.58 bits per heavy atom. The molecule has 0 saturated heterocycles. The highest BCUT2D eigenvalue weighted by Crippen LogP contribution is 2.08. The molecule has 0 radical (unpaired) electrons. The second-order valence-electron chi connectivity index (χ2n) is 2.24. The molecule has 3 nitrogen and oxygen atoms in total. The molecule has 0 fully saturated rings. The number of halogens is 1. The van der Waals surface area contributed by atoms with Crippen molar-refractivity contribution in [2.24, 2.45) is 0 Å². The molecule has 0 aromatic rings. The lowest BCUT2D eigenvalue weighted by Crippen LogP contribution is -2.11. The topological polar surface area (TPSA) is 35.5 Å². The molecule has 1 unspecified atom stereocenters. The number of carbonyl (C=O) groups excluding carboxylic acids is 1. The summed E-state index contributed by atoms with van der Waals surface area (Å²) in [7, 11) is 0. The van der Waals surface area contributed by atoms with Crippen LogP contribution >= 0.6 is 35.2 Å². The van der Waals surface area contributed by atoms with E-state index in [4.69, 9.17) is 4.74 Å². The average Bonchev–Trinajstić information content (AvgIpc) is 1.97. The molecule has 72 valence electrons. The van der Waals surface area contributed by atoms with Gasteiger partial charge in [0.1, 0.15) is 0 Å². The third-order valence-electron chi connectivity index (χ3n) is 1.19. The van der Waals surface area contributed by atoms with Crippen LogP contribution in [-0.2, 0) is 9.47 Å². The van der Waals surface area contributed by atoms with Gasteiger partial charge in [-0.05, 0) is 29.0 Å². The molecule has 0 aliphatic heterocycles. The zero-order valence-corrected chi connectivity index (χ0v) is 10.0. The number of unbranched alkanes of at least 4 members (excludes halogenated alkanes) is 2. The van der Waals surface area contributed by atoms with E-state index < -0.39 is 9.60 Å². The molecule has 0 spiro atoms. The van der Waals surface area contributed by atoms with Gasteiger partial charge in [0.2, 0.25) is 0 Å². The molecule has 0 heterocycles. The van der Waals surface area contributed by atoms with E-state index in [-0.39, 0.29) is 0 Å². The fourth-order valence-corrected chi connectivity index (χ4v) is 1.42. The molecule has 0 N–H and O–H groups in total. The number of rotatable bonds is 6. The smallest absolute Gasteiger partial charge is 0.367 e. The van der Waals surface area contributed by atoms with Crippen LogP contribution in [0.2, 0.25) is 0 Å². The van der Waals surface area contributed by atoms with Crippen LogP contribution in [0.25, 0.3) is 0 Å². The minimum Gasteiger partial charge on any atom is -0.418 e. The van der Waals surface area contributed by atoms with Gasteiger partial charge in [0.15, 0.2) is 0 Å². The van der Waals surface area contributed by atoms with Gasteiger partial charge in [0, 0.05) is 0 Å². The van der Waals surface area contributed by atoms with Gasteiger partial charge in [-0.1, -0.05) is 32.4 Å². The molecule has 0 bridgehead atoms. The van der Waals surface area contributed by atoms with Crippen molar-refractivity contribution in [2.75, 3.05) is 6.61 Å². The van der Waals surface area contributed by atoms with Gasteiger partial charge < -0.3 is 9.47 Å². The van der Waals surface area contributed by atoms with Gasteiger partial charge in [-0.2, -0.15) is 0 Å². The van der Waals surface area contributed by atoms with Crippen molar-refractivity contribution in [1.29, 1.82) is 0 Å². The summed E-state index contributed by atoms with van der Waals surface area (Å²) in [6, 6.07) is 0. The Hall–Kier alpha value is 0.510. The molecule has 0 aromatic carbocycles. The lowest BCUT2D eigenvalue weighted by atomic mass is 10.3. The molecule has 0 amide bonds. The maximum Gasteiger partial charge on any atom is 0.367 e. The standard InChI is InChI=1S/C7H13IO3S/c1-2-3-4-5-10-6(8)11-7(9)12/h6H,2-5H2,1H3,(H,9,12). The normalized spacial score (nSPS) is 12.6. The Morgan fingerprint density at radius 3 is 2.75 bits per heavy atom. The monoisotopic (exact) mass is 304 g/mol. The predicted octanol–water partition coefficient (Wildman–Crippen LogP) is 2.98. The van der Waals surface area contributed by atoms with Crippen LogP contribution in [0.1, 0.15) is 26.2 Å². The highest BCUT2D eigenvalue weighted by Gasteiger charge is 2.06. The van der Waals surface area contributed by atoms with Crippen LogP contribution in [-0.4, -0.2) is 16.2 Å². The van der Waals surface area contributed by atoms with Crippen molar-refractivity contribution < 1.29 is 14.3 Å². The molecule has 0 aliphatic rings. The van der Waals surface area contributed by atoms with E-state index in [2.05, 4.69) is 24.3 Å². The van der Waals surface area contributed by atoms with Gasteiger partial charge in [-0.15, -0.1) is 0 Å². The quantitative estimate of drug-likeness (QED) is 0.205. The van der Waals surface area contributed by atoms with Crippen molar-refractivity contribution in [3.05, 3.63) is 0 Å². The summed E-state index contributed by atoms with van der Waals surface area (Å²) in [4.78, 5) is 10.3. The summed E-state index contributed by atoms with van der Waals surface area (Å²) in [6.07, 6.45) is 3.29. The number of carbonyl (C=O) groups is 1. The van der Waals surface area contributed by atoms with E-state index in [0.717, 1.165) is 19.3 Å². The first-order valence-electron chi connectivity index (χ1n) is 3.82. The minimum absolute atomic E-state index is 0.510. The first kappa shape index (κ1) is 12.5. The molecular weight excluding hydrogens is 291 g/mol. The molecule has 0 aliphatic carbocycles. The molecule has 5 heteroatoms. The first-order chi connectivity index (χ1) is 5.66. The van der Waals surface area contributed by atoms with Gasteiger partial charge in [0.25, 0.3) is 4.30 Å². The maximum absolute atomic E-state index is 10.3. The van der Waals surface area contributed by atoms with Crippen molar-refractivity contribution >= 4 is 40.5 Å². The summed E-state index contributed by atoms with van der Waals surface area (Å²) in [6.45, 7) is 2.75.